The average Bonchev–Trinajstić information content (AvgIpc) is 2.86. The van der Waals surface area contributed by atoms with Crippen LogP contribution in [0, 0.1) is 11.3 Å². The molecule has 1 aromatic heterocycles. The summed E-state index contributed by atoms with van der Waals surface area (Å²) in [6, 6.07) is 13.0. The number of rotatable bonds is 5. The van der Waals surface area contributed by atoms with Crippen LogP contribution in [-0.2, 0) is 22.6 Å². The molecule has 35 heavy (non-hydrogen) atoms. The number of carbonyl (C=O) groups excluding carboxylic acids is 2. The molecule has 5 rings (SSSR count). The molecule has 9 heteroatoms. The Morgan fingerprint density at radius 3 is 2.31 bits per heavy atom. The van der Waals surface area contributed by atoms with Gasteiger partial charge in [0.15, 0.2) is 5.11 Å². The van der Waals surface area contributed by atoms with Crippen molar-refractivity contribution >= 4 is 29.1 Å². The minimum atomic E-state index is -1.29. The molecule has 0 saturated carbocycles. The number of thiocarbonyl (C=S) groups is 1. The summed E-state index contributed by atoms with van der Waals surface area (Å²) in [6.07, 6.45) is 1.28. The minimum absolute atomic E-state index is 0.0380. The van der Waals surface area contributed by atoms with Crippen molar-refractivity contribution in [2.45, 2.75) is 25.3 Å². The Morgan fingerprint density at radius 1 is 0.971 bits per heavy atom. The fourth-order valence-electron chi connectivity index (χ4n) is 6.07. The second-order valence-corrected chi connectivity index (χ2v) is 10.4. The summed E-state index contributed by atoms with van der Waals surface area (Å²) >= 11 is 5.38. The maximum atomic E-state index is 13.8. The number of carbonyl (C=O) groups is 2. The molecule has 2 aromatic rings. The number of piperidine rings is 1. The van der Waals surface area contributed by atoms with Gasteiger partial charge in [-0.05, 0) is 54.7 Å². The molecular formula is C26H30N4O4S. The molecule has 2 saturated heterocycles. The van der Waals surface area contributed by atoms with Gasteiger partial charge in [-0.25, -0.2) is 0 Å². The van der Waals surface area contributed by atoms with Gasteiger partial charge in [-0.2, -0.15) is 0 Å². The maximum absolute atomic E-state index is 13.8. The molecule has 8 nitrogen and oxygen atoms in total. The highest BCUT2D eigenvalue weighted by molar-refractivity contribution is 7.80. The van der Waals surface area contributed by atoms with Crippen LogP contribution in [0.2, 0.25) is 0 Å². The smallest absolute Gasteiger partial charge is 0.250 e. The summed E-state index contributed by atoms with van der Waals surface area (Å²) < 4.78 is 7.16. The predicted molar refractivity (Wildman–Crippen MR) is 135 cm³/mol. The Kier molecular flexibility index (Phi) is 6.01. The molecule has 2 amide bonds. The number of ether oxygens (including phenoxy) is 1. The average molecular weight is 495 g/mol. The van der Waals surface area contributed by atoms with Crippen LogP contribution in [0.1, 0.15) is 23.6 Å². The molecule has 0 spiro atoms. The van der Waals surface area contributed by atoms with Crippen molar-refractivity contribution in [2.75, 3.05) is 40.8 Å². The maximum Gasteiger partial charge on any atom is 0.250 e. The van der Waals surface area contributed by atoms with Crippen LogP contribution in [0.15, 0.2) is 47.3 Å². The van der Waals surface area contributed by atoms with Crippen LogP contribution < -0.4 is 10.3 Å². The molecule has 0 aliphatic carbocycles. The zero-order valence-electron chi connectivity index (χ0n) is 20.3. The van der Waals surface area contributed by atoms with Crippen LogP contribution in [0.5, 0.6) is 5.75 Å². The van der Waals surface area contributed by atoms with E-state index in [1.54, 1.807) is 27.3 Å². The zero-order chi connectivity index (χ0) is 24.9. The molecule has 2 fully saturated rings. The van der Waals surface area contributed by atoms with Crippen LogP contribution in [0.25, 0.3) is 0 Å². The fraction of sp³-hybridized carbons (Fsp3) is 0.462. The van der Waals surface area contributed by atoms with Crippen molar-refractivity contribution < 1.29 is 14.3 Å². The highest BCUT2D eigenvalue weighted by Crippen LogP contribution is 2.39. The number of hydrogen-bond donors (Lipinski definition) is 0. The summed E-state index contributed by atoms with van der Waals surface area (Å²) in [4.78, 5) is 45.1. The van der Waals surface area contributed by atoms with Crippen molar-refractivity contribution in [2.24, 2.45) is 11.3 Å². The lowest BCUT2D eigenvalue weighted by Gasteiger charge is -2.48. The summed E-state index contributed by atoms with van der Waals surface area (Å²) in [7, 11) is 4.89. The van der Waals surface area contributed by atoms with Gasteiger partial charge in [-0.1, -0.05) is 18.2 Å². The third-order valence-corrected chi connectivity index (χ3v) is 8.26. The van der Waals surface area contributed by atoms with Gasteiger partial charge in [0.25, 0.3) is 5.56 Å². The van der Waals surface area contributed by atoms with E-state index in [1.807, 2.05) is 41.0 Å². The van der Waals surface area contributed by atoms with Gasteiger partial charge in [0.05, 0.1) is 7.11 Å². The second kappa shape index (κ2) is 8.87. The van der Waals surface area contributed by atoms with E-state index in [0.29, 0.717) is 25.6 Å². The van der Waals surface area contributed by atoms with Crippen molar-refractivity contribution in [1.82, 2.24) is 19.3 Å². The monoisotopic (exact) mass is 494 g/mol. The van der Waals surface area contributed by atoms with E-state index >= 15 is 0 Å². The first kappa shape index (κ1) is 23.7. The number of pyridine rings is 1. The molecule has 0 N–H and O–H groups in total. The number of benzene rings is 1. The van der Waals surface area contributed by atoms with Crippen molar-refractivity contribution in [3.05, 3.63) is 64.1 Å². The molecule has 3 aliphatic rings. The summed E-state index contributed by atoms with van der Waals surface area (Å²) in [5, 5.41) is 0.217. The van der Waals surface area contributed by atoms with Crippen molar-refractivity contribution in [3.8, 4) is 5.75 Å². The third-order valence-electron chi connectivity index (χ3n) is 7.72. The standard InChI is InChI=1S/C26H30N4O4S/c1-27-23(32)26(24(33)28(2)25(27)35,12-17-7-9-20(34-3)10-8-17)16-29-13-18-11-19(15-29)21-5-4-6-22(31)30(21)14-18/h4-10,18-19H,11-16H2,1-3H3/t18-,19-/m1/s1. The van der Waals surface area contributed by atoms with E-state index < -0.39 is 5.41 Å². The first-order valence-electron chi connectivity index (χ1n) is 11.9. The number of amides is 2. The van der Waals surface area contributed by atoms with E-state index in [0.717, 1.165) is 30.0 Å². The number of nitrogens with zero attached hydrogens (tertiary/aromatic N) is 4. The van der Waals surface area contributed by atoms with Gasteiger partial charge in [-0.15, -0.1) is 0 Å². The van der Waals surface area contributed by atoms with E-state index in [-0.39, 0.29) is 34.8 Å². The van der Waals surface area contributed by atoms with Gasteiger partial charge < -0.3 is 14.2 Å². The van der Waals surface area contributed by atoms with E-state index in [1.165, 1.54) is 9.80 Å². The lowest BCUT2D eigenvalue weighted by atomic mass is 9.75. The highest BCUT2D eigenvalue weighted by atomic mass is 32.1. The Morgan fingerprint density at radius 2 is 1.66 bits per heavy atom. The lowest BCUT2D eigenvalue weighted by molar-refractivity contribution is -0.157. The lowest BCUT2D eigenvalue weighted by Crippen LogP contribution is -2.67. The number of aromatic nitrogens is 1. The van der Waals surface area contributed by atoms with Gasteiger partial charge in [-0.3, -0.25) is 24.2 Å². The molecular weight excluding hydrogens is 464 g/mol. The first-order chi connectivity index (χ1) is 16.7. The third kappa shape index (κ3) is 3.96. The number of hydrogen-bond acceptors (Lipinski definition) is 6. The molecule has 3 aliphatic heterocycles. The zero-order valence-corrected chi connectivity index (χ0v) is 21.1. The van der Waals surface area contributed by atoms with Gasteiger partial charge >= 0.3 is 0 Å². The van der Waals surface area contributed by atoms with Crippen LogP contribution in [0.3, 0.4) is 0 Å². The molecule has 0 unspecified atom stereocenters. The van der Waals surface area contributed by atoms with Crippen LogP contribution in [0.4, 0.5) is 0 Å². The SMILES string of the molecule is COc1ccc(CC2(CN3C[C@H]4C[C@H](C3)c3cccc(=O)n3C4)C(=O)N(C)C(=S)N(C)C2=O)cc1. The number of fused-ring (bicyclic) bond motifs is 4. The van der Waals surface area contributed by atoms with E-state index in [2.05, 4.69) is 4.90 Å². The van der Waals surface area contributed by atoms with E-state index in [4.69, 9.17) is 17.0 Å². The molecule has 2 atom stereocenters. The molecule has 4 heterocycles. The number of methoxy groups -OCH3 is 1. The Bertz CT molecular complexity index is 1220. The predicted octanol–water partition coefficient (Wildman–Crippen LogP) is 1.72. The normalized spacial score (nSPS) is 23.9. The minimum Gasteiger partial charge on any atom is -0.497 e. The molecule has 1 aromatic carbocycles. The molecule has 0 radical (unpaired) electrons. The Balaban J connectivity index is 1.49. The Labute approximate surface area is 210 Å². The largest absolute Gasteiger partial charge is 0.497 e. The summed E-state index contributed by atoms with van der Waals surface area (Å²) in [5.41, 5.74) is 0.675. The molecule has 2 bridgehead atoms. The van der Waals surface area contributed by atoms with Crippen molar-refractivity contribution in [1.29, 1.82) is 0 Å². The van der Waals surface area contributed by atoms with Gasteiger partial charge in [0.1, 0.15) is 11.2 Å². The highest BCUT2D eigenvalue weighted by Gasteiger charge is 2.55. The van der Waals surface area contributed by atoms with Crippen molar-refractivity contribution in [3.63, 3.8) is 0 Å². The summed E-state index contributed by atoms with van der Waals surface area (Å²) in [5.74, 6) is 0.671. The van der Waals surface area contributed by atoms with E-state index in [9.17, 15) is 14.4 Å². The first-order valence-corrected chi connectivity index (χ1v) is 12.3. The quantitative estimate of drug-likeness (QED) is 0.466. The van der Waals surface area contributed by atoms with Gasteiger partial charge in [0.2, 0.25) is 11.8 Å². The van der Waals surface area contributed by atoms with Crippen LogP contribution >= 0.6 is 12.2 Å². The van der Waals surface area contributed by atoms with Gasteiger partial charge in [0, 0.05) is 58.0 Å². The topological polar surface area (TPSA) is 75.1 Å². The fourth-order valence-corrected chi connectivity index (χ4v) is 6.24. The number of likely N-dealkylation sites (tertiary alicyclic amines) is 1. The summed E-state index contributed by atoms with van der Waals surface area (Å²) in [6.45, 7) is 2.40. The Hall–Kier alpha value is -3.04. The van der Waals surface area contributed by atoms with Crippen LogP contribution in [-0.4, -0.2) is 77.0 Å². The second-order valence-electron chi connectivity index (χ2n) is 10.0. The molecule has 184 valence electrons.